The molecule has 80 valence electrons. The molecule has 0 aromatic heterocycles. The highest BCUT2D eigenvalue weighted by molar-refractivity contribution is 5.93. The van der Waals surface area contributed by atoms with Crippen LogP contribution >= 0.6 is 0 Å². The molecule has 1 aromatic carbocycles. The van der Waals surface area contributed by atoms with Crippen LogP contribution in [0.3, 0.4) is 0 Å². The van der Waals surface area contributed by atoms with Crippen LogP contribution in [-0.4, -0.2) is 31.3 Å². The number of amides is 2. The first kappa shape index (κ1) is 11.2. The molecule has 0 bridgehead atoms. The van der Waals surface area contributed by atoms with E-state index in [0.29, 0.717) is 18.5 Å². The van der Waals surface area contributed by atoms with Crippen molar-refractivity contribution >= 4 is 12.3 Å². The van der Waals surface area contributed by atoms with Crippen LogP contribution < -0.4 is 5.32 Å². The molecule has 1 rings (SSSR count). The third-order valence-electron chi connectivity index (χ3n) is 2.00. The van der Waals surface area contributed by atoms with Crippen molar-refractivity contribution in [3.8, 4) is 0 Å². The molecule has 0 aliphatic carbocycles. The van der Waals surface area contributed by atoms with Crippen LogP contribution in [0.25, 0.3) is 0 Å². The normalized spacial score (nSPS) is 9.47. The Labute approximate surface area is 88.9 Å². The van der Waals surface area contributed by atoms with Crippen LogP contribution in [0.1, 0.15) is 15.9 Å². The van der Waals surface area contributed by atoms with Gasteiger partial charge in [0.1, 0.15) is 0 Å². The monoisotopic (exact) mass is 206 g/mol. The minimum atomic E-state index is -0.0232. The fourth-order valence-corrected chi connectivity index (χ4v) is 1.18. The summed E-state index contributed by atoms with van der Waals surface area (Å²) in [7, 11) is 3.42. The van der Waals surface area contributed by atoms with Gasteiger partial charge in [-0.2, -0.15) is 0 Å². The van der Waals surface area contributed by atoms with E-state index in [-0.39, 0.29) is 5.91 Å². The third kappa shape index (κ3) is 3.09. The number of nitrogens with zero attached hydrogens (tertiary/aromatic N) is 1. The number of nitrogens with one attached hydrogen (secondary N) is 1. The Morgan fingerprint density at radius 3 is 2.40 bits per heavy atom. The van der Waals surface area contributed by atoms with Crippen LogP contribution in [0.2, 0.25) is 0 Å². The zero-order valence-electron chi connectivity index (χ0n) is 8.86. The van der Waals surface area contributed by atoms with Gasteiger partial charge in [-0.15, -0.1) is 0 Å². The van der Waals surface area contributed by atoms with Crippen LogP contribution in [0.4, 0.5) is 0 Å². The molecule has 0 aliphatic heterocycles. The van der Waals surface area contributed by atoms with Crippen LogP contribution in [0.15, 0.2) is 24.3 Å². The lowest BCUT2D eigenvalue weighted by molar-refractivity contribution is -0.109. The second kappa shape index (κ2) is 5.14. The third-order valence-corrected chi connectivity index (χ3v) is 2.00. The van der Waals surface area contributed by atoms with Gasteiger partial charge in [0.2, 0.25) is 6.41 Å². The zero-order valence-corrected chi connectivity index (χ0v) is 8.86. The molecule has 4 heteroatoms. The summed E-state index contributed by atoms with van der Waals surface area (Å²) < 4.78 is 0. The average molecular weight is 206 g/mol. The van der Waals surface area contributed by atoms with Crippen molar-refractivity contribution in [1.82, 2.24) is 10.2 Å². The minimum Gasteiger partial charge on any atom is -0.355 e. The first-order valence-corrected chi connectivity index (χ1v) is 4.63. The quantitative estimate of drug-likeness (QED) is 0.735. The lowest BCUT2D eigenvalue weighted by Gasteiger charge is -2.10. The standard InChI is InChI=1S/C11H14N2O2/c1-13(2)11(15)10-5-3-9(4-6-10)7-12-8-14/h3-6,8H,7H2,1-2H3,(H,12,14). The predicted molar refractivity (Wildman–Crippen MR) is 57.4 cm³/mol. The first-order chi connectivity index (χ1) is 7.15. The summed E-state index contributed by atoms with van der Waals surface area (Å²) in [6.07, 6.45) is 0.652. The Morgan fingerprint density at radius 2 is 1.93 bits per heavy atom. The summed E-state index contributed by atoms with van der Waals surface area (Å²) in [6.45, 7) is 0.486. The molecule has 2 amide bonds. The van der Waals surface area contributed by atoms with Gasteiger partial charge in [0.25, 0.3) is 5.91 Å². The molecule has 0 heterocycles. The van der Waals surface area contributed by atoms with Crippen molar-refractivity contribution in [3.05, 3.63) is 35.4 Å². The van der Waals surface area contributed by atoms with E-state index in [4.69, 9.17) is 0 Å². The maximum absolute atomic E-state index is 11.5. The van der Waals surface area contributed by atoms with E-state index >= 15 is 0 Å². The maximum atomic E-state index is 11.5. The Bertz CT molecular complexity index is 344. The number of rotatable bonds is 4. The Hall–Kier alpha value is -1.84. The lowest BCUT2D eigenvalue weighted by atomic mass is 10.1. The molecule has 0 aliphatic rings. The average Bonchev–Trinajstić information content (AvgIpc) is 2.26. The SMILES string of the molecule is CN(C)C(=O)c1ccc(CNC=O)cc1. The van der Waals surface area contributed by atoms with Gasteiger partial charge in [-0.05, 0) is 17.7 Å². The largest absolute Gasteiger partial charge is 0.355 e. The van der Waals surface area contributed by atoms with E-state index in [1.165, 1.54) is 4.90 Å². The minimum absolute atomic E-state index is 0.0232. The molecule has 4 nitrogen and oxygen atoms in total. The van der Waals surface area contributed by atoms with Gasteiger partial charge in [0.15, 0.2) is 0 Å². The highest BCUT2D eigenvalue weighted by atomic mass is 16.2. The summed E-state index contributed by atoms with van der Waals surface area (Å²) in [5.74, 6) is -0.0232. The topological polar surface area (TPSA) is 49.4 Å². The van der Waals surface area contributed by atoms with E-state index in [1.807, 2.05) is 12.1 Å². The number of carbonyl (C=O) groups is 2. The Kier molecular flexibility index (Phi) is 3.85. The van der Waals surface area contributed by atoms with Gasteiger partial charge < -0.3 is 10.2 Å². The molecule has 0 unspecified atom stereocenters. The van der Waals surface area contributed by atoms with Gasteiger partial charge in [0, 0.05) is 26.2 Å². The lowest BCUT2D eigenvalue weighted by Crippen LogP contribution is -2.21. The molecule has 0 fully saturated rings. The number of hydrogen-bond donors (Lipinski definition) is 1. The van der Waals surface area contributed by atoms with E-state index in [9.17, 15) is 9.59 Å². The van der Waals surface area contributed by atoms with E-state index < -0.39 is 0 Å². The highest BCUT2D eigenvalue weighted by Gasteiger charge is 2.06. The summed E-state index contributed by atoms with van der Waals surface area (Å²) in [5.41, 5.74) is 1.62. The first-order valence-electron chi connectivity index (χ1n) is 4.63. The van der Waals surface area contributed by atoms with Crippen LogP contribution in [0.5, 0.6) is 0 Å². The van der Waals surface area contributed by atoms with E-state index in [0.717, 1.165) is 5.56 Å². The summed E-state index contributed by atoms with van der Waals surface area (Å²) in [6, 6.07) is 7.16. The molecule has 15 heavy (non-hydrogen) atoms. The number of carbonyl (C=O) groups excluding carboxylic acids is 2. The van der Waals surface area contributed by atoms with Crippen LogP contribution in [-0.2, 0) is 11.3 Å². The maximum Gasteiger partial charge on any atom is 0.253 e. The van der Waals surface area contributed by atoms with Crippen molar-refractivity contribution in [3.63, 3.8) is 0 Å². The van der Waals surface area contributed by atoms with Crippen LogP contribution in [0, 0.1) is 0 Å². The molecule has 0 saturated heterocycles. The van der Waals surface area contributed by atoms with Crippen molar-refractivity contribution < 1.29 is 9.59 Å². The second-order valence-corrected chi connectivity index (χ2v) is 3.40. The van der Waals surface area contributed by atoms with Gasteiger partial charge in [-0.25, -0.2) is 0 Å². The molecular weight excluding hydrogens is 192 g/mol. The predicted octanol–water partition coefficient (Wildman–Crippen LogP) is 0.634. The molecule has 0 atom stereocenters. The fraction of sp³-hybridized carbons (Fsp3) is 0.273. The smallest absolute Gasteiger partial charge is 0.253 e. The fourth-order valence-electron chi connectivity index (χ4n) is 1.18. The molecule has 0 radical (unpaired) electrons. The summed E-state index contributed by atoms with van der Waals surface area (Å²) in [5, 5.41) is 2.56. The van der Waals surface area contributed by atoms with Crippen molar-refractivity contribution in [2.24, 2.45) is 0 Å². The van der Waals surface area contributed by atoms with E-state index in [1.54, 1.807) is 26.2 Å². The van der Waals surface area contributed by atoms with Crippen molar-refractivity contribution in [1.29, 1.82) is 0 Å². The van der Waals surface area contributed by atoms with Crippen molar-refractivity contribution in [2.75, 3.05) is 14.1 Å². The summed E-state index contributed by atoms with van der Waals surface area (Å²) >= 11 is 0. The molecular formula is C11H14N2O2. The number of hydrogen-bond acceptors (Lipinski definition) is 2. The van der Waals surface area contributed by atoms with Gasteiger partial charge in [-0.3, -0.25) is 9.59 Å². The zero-order chi connectivity index (χ0) is 11.3. The van der Waals surface area contributed by atoms with Crippen molar-refractivity contribution in [2.45, 2.75) is 6.54 Å². The molecule has 1 aromatic rings. The molecule has 0 saturated carbocycles. The molecule has 1 N–H and O–H groups in total. The Morgan fingerprint density at radius 1 is 1.33 bits per heavy atom. The second-order valence-electron chi connectivity index (χ2n) is 3.40. The van der Waals surface area contributed by atoms with E-state index in [2.05, 4.69) is 5.32 Å². The molecule has 0 spiro atoms. The number of benzene rings is 1. The van der Waals surface area contributed by atoms with Gasteiger partial charge in [0.05, 0.1) is 0 Å². The highest BCUT2D eigenvalue weighted by Crippen LogP contribution is 2.05. The Balaban J connectivity index is 2.71. The van der Waals surface area contributed by atoms with Gasteiger partial charge in [-0.1, -0.05) is 12.1 Å². The van der Waals surface area contributed by atoms with Gasteiger partial charge >= 0.3 is 0 Å². The summed E-state index contributed by atoms with van der Waals surface area (Å²) in [4.78, 5) is 23.1.